The van der Waals surface area contributed by atoms with E-state index >= 15 is 0 Å². The number of nitrogens with one attached hydrogen (secondary N) is 2. The number of hydrogen-bond donors (Lipinski definition) is 3. The smallest absolute Gasteiger partial charge is 0.254 e. The summed E-state index contributed by atoms with van der Waals surface area (Å²) in [6.07, 6.45) is 4.85. The highest BCUT2D eigenvalue weighted by Crippen LogP contribution is 2.27. The van der Waals surface area contributed by atoms with Crippen LogP contribution in [0.2, 0.25) is 0 Å². The third kappa shape index (κ3) is 4.95. The minimum atomic E-state index is -0.525. The summed E-state index contributed by atoms with van der Waals surface area (Å²) in [5.41, 5.74) is 7.89. The van der Waals surface area contributed by atoms with E-state index in [2.05, 4.69) is 49.5 Å². The van der Waals surface area contributed by atoms with Gasteiger partial charge < -0.3 is 21.3 Å². The molecule has 2 aliphatic rings. The number of benzene rings is 1. The van der Waals surface area contributed by atoms with Crippen LogP contribution in [-0.4, -0.2) is 59.5 Å². The molecule has 1 amide bonds. The second kappa shape index (κ2) is 8.65. The maximum absolute atomic E-state index is 11.6. The maximum Gasteiger partial charge on any atom is 0.254 e. The van der Waals surface area contributed by atoms with E-state index in [0.29, 0.717) is 23.4 Å². The Kier molecular flexibility index (Phi) is 5.80. The Labute approximate surface area is 171 Å². The van der Waals surface area contributed by atoms with E-state index in [9.17, 15) is 4.79 Å². The van der Waals surface area contributed by atoms with Gasteiger partial charge in [0.15, 0.2) is 0 Å². The van der Waals surface area contributed by atoms with Crippen molar-refractivity contribution < 1.29 is 4.79 Å². The molecule has 0 spiro atoms. The van der Waals surface area contributed by atoms with Crippen LogP contribution in [-0.2, 0) is 0 Å². The first-order valence-electron chi connectivity index (χ1n) is 10.4. The van der Waals surface area contributed by atoms with Gasteiger partial charge in [-0.15, -0.1) is 0 Å². The van der Waals surface area contributed by atoms with Crippen molar-refractivity contribution in [2.45, 2.75) is 32.2 Å². The number of piperazine rings is 1. The molecule has 29 heavy (non-hydrogen) atoms. The van der Waals surface area contributed by atoms with Crippen LogP contribution < -0.4 is 21.3 Å². The number of nitrogens with zero attached hydrogens (tertiary/aromatic N) is 4. The molecule has 1 aliphatic heterocycles. The molecule has 2 heterocycles. The number of hydrogen-bond acceptors (Lipinski definition) is 7. The fraction of sp³-hybridized carbons (Fsp3) is 0.476. The number of carbonyl (C=O) groups excluding carboxylic acids is 1. The van der Waals surface area contributed by atoms with E-state index in [4.69, 9.17) is 5.73 Å². The molecule has 0 atom stereocenters. The fourth-order valence-corrected chi connectivity index (χ4v) is 3.58. The predicted molar refractivity (Wildman–Crippen MR) is 116 cm³/mol. The van der Waals surface area contributed by atoms with Crippen LogP contribution in [0.15, 0.2) is 30.5 Å². The summed E-state index contributed by atoms with van der Waals surface area (Å²) in [5.74, 6) is 0.418. The van der Waals surface area contributed by atoms with Crippen LogP contribution in [0, 0.1) is 0 Å². The first-order chi connectivity index (χ1) is 14.1. The third-order valence-electron chi connectivity index (χ3n) is 5.37. The minimum Gasteiger partial charge on any atom is -0.369 e. The Morgan fingerprint density at radius 3 is 2.52 bits per heavy atom. The van der Waals surface area contributed by atoms with Crippen molar-refractivity contribution in [2.75, 3.05) is 48.3 Å². The average Bonchev–Trinajstić information content (AvgIpc) is 3.53. The predicted octanol–water partition coefficient (Wildman–Crippen LogP) is 2.43. The van der Waals surface area contributed by atoms with E-state index in [-0.39, 0.29) is 0 Å². The van der Waals surface area contributed by atoms with Gasteiger partial charge in [-0.05, 0) is 50.1 Å². The quantitative estimate of drug-likeness (QED) is 0.631. The summed E-state index contributed by atoms with van der Waals surface area (Å²) in [6, 6.07) is 8.69. The zero-order valence-electron chi connectivity index (χ0n) is 16.9. The number of rotatable bonds is 8. The summed E-state index contributed by atoms with van der Waals surface area (Å²) in [6.45, 7) is 7.76. The number of primary amides is 1. The van der Waals surface area contributed by atoms with E-state index in [1.54, 1.807) is 0 Å². The SMILES string of the molecule is CCCN1CCN(c2ccc(Nc3ncc(C(N)=O)c(NC4CC4)n3)cc2)CC1. The number of nitrogens with two attached hydrogens (primary N) is 1. The van der Waals surface area contributed by atoms with Gasteiger partial charge in [0.2, 0.25) is 5.95 Å². The third-order valence-corrected chi connectivity index (χ3v) is 5.37. The van der Waals surface area contributed by atoms with E-state index in [0.717, 1.165) is 44.7 Å². The monoisotopic (exact) mass is 395 g/mol. The lowest BCUT2D eigenvalue weighted by atomic mass is 10.2. The molecule has 0 radical (unpaired) electrons. The van der Waals surface area contributed by atoms with Crippen molar-refractivity contribution in [1.82, 2.24) is 14.9 Å². The van der Waals surface area contributed by atoms with Gasteiger partial charge in [-0.1, -0.05) is 6.92 Å². The van der Waals surface area contributed by atoms with Gasteiger partial charge in [-0.3, -0.25) is 9.69 Å². The fourth-order valence-electron chi connectivity index (χ4n) is 3.58. The lowest BCUT2D eigenvalue weighted by molar-refractivity contribution is 0.100. The summed E-state index contributed by atoms with van der Waals surface area (Å²) in [4.78, 5) is 25.3. The number of aromatic nitrogens is 2. The van der Waals surface area contributed by atoms with Crippen LogP contribution in [0.4, 0.5) is 23.1 Å². The lowest BCUT2D eigenvalue weighted by Gasteiger charge is -2.36. The summed E-state index contributed by atoms with van der Waals surface area (Å²) in [5, 5.41) is 6.47. The van der Waals surface area contributed by atoms with E-state index in [1.807, 2.05) is 12.1 Å². The minimum absolute atomic E-state index is 0.319. The molecule has 1 saturated carbocycles. The number of anilines is 4. The van der Waals surface area contributed by atoms with Gasteiger partial charge in [0.25, 0.3) is 5.91 Å². The molecule has 1 saturated heterocycles. The highest BCUT2D eigenvalue weighted by atomic mass is 16.1. The topological polar surface area (TPSA) is 99.4 Å². The molecule has 8 nitrogen and oxygen atoms in total. The van der Waals surface area contributed by atoms with Crippen molar-refractivity contribution in [3.63, 3.8) is 0 Å². The molecule has 2 fully saturated rings. The second-order valence-corrected chi connectivity index (χ2v) is 7.74. The highest BCUT2D eigenvalue weighted by Gasteiger charge is 2.24. The van der Waals surface area contributed by atoms with Gasteiger partial charge >= 0.3 is 0 Å². The van der Waals surface area contributed by atoms with Crippen molar-refractivity contribution >= 4 is 29.0 Å². The van der Waals surface area contributed by atoms with Crippen molar-refractivity contribution in [1.29, 1.82) is 0 Å². The number of carbonyl (C=O) groups is 1. The summed E-state index contributed by atoms with van der Waals surface area (Å²) in [7, 11) is 0. The molecular formula is C21H29N7O. The van der Waals surface area contributed by atoms with E-state index < -0.39 is 5.91 Å². The molecule has 0 bridgehead atoms. The molecule has 154 valence electrons. The van der Waals surface area contributed by atoms with Crippen LogP contribution in [0.1, 0.15) is 36.5 Å². The molecule has 4 rings (SSSR count). The lowest BCUT2D eigenvalue weighted by Crippen LogP contribution is -2.46. The largest absolute Gasteiger partial charge is 0.369 e. The Morgan fingerprint density at radius 1 is 1.17 bits per heavy atom. The normalized spacial score (nSPS) is 17.2. The molecule has 1 aromatic carbocycles. The zero-order valence-corrected chi connectivity index (χ0v) is 16.9. The maximum atomic E-state index is 11.6. The van der Waals surface area contributed by atoms with Gasteiger partial charge in [-0.25, -0.2) is 4.98 Å². The standard InChI is InChI=1S/C21H29N7O/c1-2-9-27-10-12-28(13-11-27)17-7-5-16(6-8-17)25-21-23-14-18(19(22)29)20(26-21)24-15-3-4-15/h5-8,14-15H,2-4,9-13H2,1H3,(H2,22,29)(H2,23,24,25,26). The van der Waals surface area contributed by atoms with Crippen molar-refractivity contribution in [3.8, 4) is 0 Å². The Bertz CT molecular complexity index is 843. The molecule has 1 aromatic heterocycles. The summed E-state index contributed by atoms with van der Waals surface area (Å²) < 4.78 is 0. The average molecular weight is 396 g/mol. The molecule has 1 aliphatic carbocycles. The van der Waals surface area contributed by atoms with Gasteiger partial charge in [0.1, 0.15) is 5.82 Å². The van der Waals surface area contributed by atoms with Gasteiger partial charge in [0, 0.05) is 49.8 Å². The number of amides is 1. The zero-order chi connectivity index (χ0) is 20.2. The summed E-state index contributed by atoms with van der Waals surface area (Å²) >= 11 is 0. The van der Waals surface area contributed by atoms with E-state index in [1.165, 1.54) is 24.8 Å². The molecule has 4 N–H and O–H groups in total. The molecule has 0 unspecified atom stereocenters. The van der Waals surface area contributed by atoms with Gasteiger partial charge in [0.05, 0.1) is 5.56 Å². The van der Waals surface area contributed by atoms with Crippen molar-refractivity contribution in [2.24, 2.45) is 5.73 Å². The first-order valence-corrected chi connectivity index (χ1v) is 10.4. The van der Waals surface area contributed by atoms with Crippen LogP contribution in [0.25, 0.3) is 0 Å². The second-order valence-electron chi connectivity index (χ2n) is 7.74. The van der Waals surface area contributed by atoms with Crippen molar-refractivity contribution in [3.05, 3.63) is 36.0 Å². The molecular weight excluding hydrogens is 366 g/mol. The molecule has 2 aromatic rings. The first kappa shape index (κ1) is 19.4. The molecule has 8 heteroatoms. The Morgan fingerprint density at radius 2 is 1.90 bits per heavy atom. The van der Waals surface area contributed by atoms with Crippen LogP contribution in [0.3, 0.4) is 0 Å². The highest BCUT2D eigenvalue weighted by molar-refractivity contribution is 5.97. The van der Waals surface area contributed by atoms with Gasteiger partial charge in [-0.2, -0.15) is 4.98 Å². The van der Waals surface area contributed by atoms with Crippen LogP contribution in [0.5, 0.6) is 0 Å². The van der Waals surface area contributed by atoms with Crippen LogP contribution >= 0.6 is 0 Å². The Balaban J connectivity index is 1.40. The Hall–Kier alpha value is -2.87.